The number of rotatable bonds is 2. The Hall–Kier alpha value is -1.62. The van der Waals surface area contributed by atoms with Crippen molar-refractivity contribution in [3.8, 4) is 0 Å². The van der Waals surface area contributed by atoms with Crippen LogP contribution in [0.5, 0.6) is 0 Å². The molecular formula is C14H19N3O2. The van der Waals surface area contributed by atoms with Crippen LogP contribution in [-0.2, 0) is 0 Å². The van der Waals surface area contributed by atoms with Gasteiger partial charge in [-0.15, -0.1) is 0 Å². The molecule has 0 radical (unpaired) electrons. The van der Waals surface area contributed by atoms with E-state index < -0.39 is 0 Å². The molecule has 2 aliphatic rings. The van der Waals surface area contributed by atoms with Gasteiger partial charge in [-0.2, -0.15) is 0 Å². The summed E-state index contributed by atoms with van der Waals surface area (Å²) in [6.07, 6.45) is 2.31. The van der Waals surface area contributed by atoms with E-state index in [-0.39, 0.29) is 10.6 Å². The van der Waals surface area contributed by atoms with Crippen molar-refractivity contribution in [2.45, 2.75) is 19.8 Å². The quantitative estimate of drug-likeness (QED) is 0.654. The van der Waals surface area contributed by atoms with E-state index in [2.05, 4.69) is 10.2 Å². The number of hydrogen-bond donors (Lipinski definition) is 1. The van der Waals surface area contributed by atoms with Gasteiger partial charge in [0.2, 0.25) is 0 Å². The highest BCUT2D eigenvalue weighted by Gasteiger charge is 2.41. The molecule has 5 nitrogen and oxygen atoms in total. The number of nitrogens with zero attached hydrogens (tertiary/aromatic N) is 2. The van der Waals surface area contributed by atoms with Crippen molar-refractivity contribution in [1.82, 2.24) is 5.32 Å². The van der Waals surface area contributed by atoms with E-state index in [1.807, 2.05) is 13.0 Å². The van der Waals surface area contributed by atoms with Gasteiger partial charge in [0.15, 0.2) is 0 Å². The van der Waals surface area contributed by atoms with Gasteiger partial charge in [-0.25, -0.2) is 0 Å². The molecule has 1 spiro atoms. The zero-order valence-electron chi connectivity index (χ0n) is 11.2. The summed E-state index contributed by atoms with van der Waals surface area (Å²) in [5, 5.41) is 14.6. The lowest BCUT2D eigenvalue weighted by atomic mass is 9.86. The molecule has 0 aromatic heterocycles. The van der Waals surface area contributed by atoms with Crippen molar-refractivity contribution in [3.63, 3.8) is 0 Å². The number of nitro benzene ring substituents is 1. The molecule has 0 bridgehead atoms. The van der Waals surface area contributed by atoms with Crippen LogP contribution in [0.4, 0.5) is 11.4 Å². The lowest BCUT2D eigenvalue weighted by Gasteiger charge is -2.24. The van der Waals surface area contributed by atoms with Crippen molar-refractivity contribution in [2.75, 3.05) is 31.1 Å². The summed E-state index contributed by atoms with van der Waals surface area (Å²) in [6, 6.07) is 5.33. The third kappa shape index (κ3) is 2.08. The number of hydrogen-bond acceptors (Lipinski definition) is 4. The van der Waals surface area contributed by atoms with Crippen LogP contribution in [0.3, 0.4) is 0 Å². The van der Waals surface area contributed by atoms with Crippen molar-refractivity contribution in [3.05, 3.63) is 33.9 Å². The summed E-state index contributed by atoms with van der Waals surface area (Å²) >= 11 is 0. The summed E-state index contributed by atoms with van der Waals surface area (Å²) in [4.78, 5) is 13.2. The Morgan fingerprint density at radius 2 is 2.26 bits per heavy atom. The highest BCUT2D eigenvalue weighted by atomic mass is 16.6. The Balaban J connectivity index is 1.93. The Morgan fingerprint density at radius 3 is 2.95 bits per heavy atom. The molecule has 102 valence electrons. The first kappa shape index (κ1) is 12.4. The molecule has 0 aliphatic carbocycles. The van der Waals surface area contributed by atoms with Gasteiger partial charge in [0.05, 0.1) is 4.92 Å². The molecule has 1 unspecified atom stereocenters. The van der Waals surface area contributed by atoms with Crippen LogP contribution in [-0.4, -0.2) is 31.1 Å². The minimum absolute atomic E-state index is 0.239. The molecule has 2 aliphatic heterocycles. The number of nitro groups is 1. The average molecular weight is 261 g/mol. The van der Waals surface area contributed by atoms with E-state index >= 15 is 0 Å². The minimum atomic E-state index is -0.264. The van der Waals surface area contributed by atoms with Crippen molar-refractivity contribution >= 4 is 11.4 Å². The van der Waals surface area contributed by atoms with Crippen molar-refractivity contribution in [2.24, 2.45) is 5.41 Å². The standard InChI is InChI=1S/C14H19N3O2/c1-11-3-2-4-12(17(18)19)13(11)16-8-6-14(10-16)5-7-15-9-14/h2-4,15H,5-10H2,1H3. The zero-order valence-corrected chi connectivity index (χ0v) is 11.2. The first-order valence-electron chi connectivity index (χ1n) is 6.81. The predicted molar refractivity (Wildman–Crippen MR) is 74.6 cm³/mol. The molecule has 3 rings (SSSR count). The maximum atomic E-state index is 11.2. The van der Waals surface area contributed by atoms with Gasteiger partial charge in [-0.05, 0) is 31.9 Å². The fraction of sp³-hybridized carbons (Fsp3) is 0.571. The molecule has 1 aromatic carbocycles. The Labute approximate surface area is 112 Å². The Morgan fingerprint density at radius 1 is 1.42 bits per heavy atom. The Kier molecular flexibility index (Phi) is 2.93. The van der Waals surface area contributed by atoms with Crippen LogP contribution in [0.25, 0.3) is 0 Å². The van der Waals surface area contributed by atoms with Crippen LogP contribution in [0.2, 0.25) is 0 Å². The summed E-state index contributed by atoms with van der Waals surface area (Å²) in [5.41, 5.74) is 2.38. The highest BCUT2D eigenvalue weighted by molar-refractivity contribution is 5.68. The largest absolute Gasteiger partial charge is 0.365 e. The van der Waals surface area contributed by atoms with Gasteiger partial charge in [-0.3, -0.25) is 10.1 Å². The third-order valence-electron chi connectivity index (χ3n) is 4.50. The minimum Gasteiger partial charge on any atom is -0.365 e. The van der Waals surface area contributed by atoms with E-state index in [1.165, 1.54) is 6.42 Å². The number of aryl methyl sites for hydroxylation is 1. The van der Waals surface area contributed by atoms with Gasteiger partial charge >= 0.3 is 0 Å². The fourth-order valence-corrected chi connectivity index (χ4v) is 3.47. The molecule has 5 heteroatoms. The second kappa shape index (κ2) is 4.49. The first-order chi connectivity index (χ1) is 9.11. The molecule has 1 N–H and O–H groups in total. The molecule has 1 aromatic rings. The molecule has 2 fully saturated rings. The normalized spacial score (nSPS) is 26.3. The number of para-hydroxylation sites is 1. The number of anilines is 1. The van der Waals surface area contributed by atoms with Crippen LogP contribution >= 0.6 is 0 Å². The number of nitrogens with one attached hydrogen (secondary N) is 1. The van der Waals surface area contributed by atoms with Crippen LogP contribution in [0.1, 0.15) is 18.4 Å². The van der Waals surface area contributed by atoms with Crippen LogP contribution < -0.4 is 10.2 Å². The van der Waals surface area contributed by atoms with Gasteiger partial charge in [0, 0.05) is 31.1 Å². The lowest BCUT2D eigenvalue weighted by molar-refractivity contribution is -0.384. The highest BCUT2D eigenvalue weighted by Crippen LogP contribution is 2.41. The molecule has 1 atom stereocenters. The van der Waals surface area contributed by atoms with Gasteiger partial charge in [0.25, 0.3) is 5.69 Å². The van der Waals surface area contributed by atoms with Crippen molar-refractivity contribution in [1.29, 1.82) is 0 Å². The van der Waals surface area contributed by atoms with Crippen LogP contribution in [0, 0.1) is 22.5 Å². The molecule has 19 heavy (non-hydrogen) atoms. The van der Waals surface area contributed by atoms with Gasteiger partial charge in [0.1, 0.15) is 5.69 Å². The maximum absolute atomic E-state index is 11.2. The second-order valence-corrected chi connectivity index (χ2v) is 5.80. The fourth-order valence-electron chi connectivity index (χ4n) is 3.47. The topological polar surface area (TPSA) is 58.4 Å². The monoisotopic (exact) mass is 261 g/mol. The first-order valence-corrected chi connectivity index (χ1v) is 6.81. The summed E-state index contributed by atoms with van der Waals surface area (Å²) in [6.45, 7) is 5.94. The predicted octanol–water partition coefficient (Wildman–Crippen LogP) is 2.09. The maximum Gasteiger partial charge on any atom is 0.292 e. The third-order valence-corrected chi connectivity index (χ3v) is 4.50. The average Bonchev–Trinajstić information content (AvgIpc) is 3.00. The SMILES string of the molecule is Cc1cccc([N+](=O)[O-])c1N1CCC2(CCNC2)C1. The summed E-state index contributed by atoms with van der Waals surface area (Å²) in [7, 11) is 0. The Bertz CT molecular complexity index is 509. The molecule has 2 heterocycles. The van der Waals surface area contributed by atoms with Gasteiger partial charge < -0.3 is 10.2 Å². The van der Waals surface area contributed by atoms with E-state index in [9.17, 15) is 10.1 Å². The van der Waals surface area contributed by atoms with E-state index in [4.69, 9.17) is 0 Å². The lowest BCUT2D eigenvalue weighted by Crippen LogP contribution is -2.29. The second-order valence-electron chi connectivity index (χ2n) is 5.80. The molecular weight excluding hydrogens is 242 g/mol. The van der Waals surface area contributed by atoms with E-state index in [1.54, 1.807) is 12.1 Å². The smallest absolute Gasteiger partial charge is 0.292 e. The van der Waals surface area contributed by atoms with E-state index in [0.29, 0.717) is 5.41 Å². The molecule has 0 amide bonds. The molecule has 0 saturated carbocycles. The van der Waals surface area contributed by atoms with Gasteiger partial charge in [-0.1, -0.05) is 12.1 Å². The number of benzene rings is 1. The zero-order chi connectivity index (χ0) is 13.5. The summed E-state index contributed by atoms with van der Waals surface area (Å²) in [5.74, 6) is 0. The van der Waals surface area contributed by atoms with E-state index in [0.717, 1.165) is 43.9 Å². The van der Waals surface area contributed by atoms with Crippen LogP contribution in [0.15, 0.2) is 18.2 Å². The molecule has 2 saturated heterocycles. The van der Waals surface area contributed by atoms with Crippen molar-refractivity contribution < 1.29 is 4.92 Å². The summed E-state index contributed by atoms with van der Waals surface area (Å²) < 4.78 is 0.